The van der Waals surface area contributed by atoms with Crippen LogP contribution >= 0.6 is 0 Å². The van der Waals surface area contributed by atoms with Gasteiger partial charge in [-0.15, -0.1) is 0 Å². The van der Waals surface area contributed by atoms with Crippen LogP contribution in [0.2, 0.25) is 0 Å². The maximum Gasteiger partial charge on any atom is 0.229 e. The van der Waals surface area contributed by atoms with E-state index in [1.54, 1.807) is 6.33 Å². The van der Waals surface area contributed by atoms with E-state index >= 15 is 0 Å². The van der Waals surface area contributed by atoms with Crippen LogP contribution in [-0.2, 0) is 0 Å². The SMILES string of the molecule is OCCNc1nc(N2CCN(c3ccccn3)CC2)nc2nc[nH]c12. The first-order valence-corrected chi connectivity index (χ1v) is 8.32. The van der Waals surface area contributed by atoms with Crippen molar-refractivity contribution < 1.29 is 5.11 Å². The molecule has 3 aromatic rings. The third-order valence-corrected chi connectivity index (χ3v) is 4.21. The standard InChI is InChI=1S/C16H20N8O/c25-10-5-18-14-13-15(20-11-19-13)22-16(21-14)24-8-6-23(7-9-24)12-3-1-2-4-17-12/h1-4,11,25H,5-10H2,(H2,18,19,20,21,22). The Kier molecular flexibility index (Phi) is 4.30. The number of rotatable bonds is 5. The molecule has 4 heterocycles. The van der Waals surface area contributed by atoms with E-state index in [0.717, 1.165) is 37.5 Å². The van der Waals surface area contributed by atoms with Crippen LogP contribution in [0, 0.1) is 0 Å². The minimum atomic E-state index is 0.0394. The van der Waals surface area contributed by atoms with Gasteiger partial charge in [0.25, 0.3) is 0 Å². The van der Waals surface area contributed by atoms with E-state index in [1.165, 1.54) is 0 Å². The summed E-state index contributed by atoms with van der Waals surface area (Å²) in [4.78, 5) is 25.3. The first-order valence-electron chi connectivity index (χ1n) is 8.32. The van der Waals surface area contributed by atoms with Crippen molar-refractivity contribution in [1.82, 2.24) is 24.9 Å². The molecule has 1 saturated heterocycles. The summed E-state index contributed by atoms with van der Waals surface area (Å²) in [6.07, 6.45) is 3.42. The molecule has 4 rings (SSSR count). The lowest BCUT2D eigenvalue weighted by Gasteiger charge is -2.35. The van der Waals surface area contributed by atoms with Gasteiger partial charge in [0, 0.05) is 38.9 Å². The van der Waals surface area contributed by atoms with Crippen LogP contribution in [0.3, 0.4) is 0 Å². The van der Waals surface area contributed by atoms with Crippen molar-refractivity contribution in [2.24, 2.45) is 0 Å². The Morgan fingerprint density at radius 3 is 2.68 bits per heavy atom. The summed E-state index contributed by atoms with van der Waals surface area (Å²) < 4.78 is 0. The van der Waals surface area contributed by atoms with Crippen LogP contribution < -0.4 is 15.1 Å². The van der Waals surface area contributed by atoms with Crippen molar-refractivity contribution in [3.63, 3.8) is 0 Å². The molecule has 9 heteroatoms. The molecule has 3 aromatic heterocycles. The summed E-state index contributed by atoms with van der Waals surface area (Å²) in [7, 11) is 0. The predicted molar refractivity (Wildman–Crippen MR) is 95.9 cm³/mol. The van der Waals surface area contributed by atoms with Crippen molar-refractivity contribution in [3.8, 4) is 0 Å². The fraction of sp³-hybridized carbons (Fsp3) is 0.375. The van der Waals surface area contributed by atoms with Crippen molar-refractivity contribution >= 4 is 28.7 Å². The van der Waals surface area contributed by atoms with Gasteiger partial charge in [-0.25, -0.2) is 9.97 Å². The van der Waals surface area contributed by atoms with Gasteiger partial charge in [0.15, 0.2) is 11.5 Å². The summed E-state index contributed by atoms with van der Waals surface area (Å²) >= 11 is 0. The molecule has 1 fully saturated rings. The summed E-state index contributed by atoms with van der Waals surface area (Å²) in [5, 5.41) is 12.2. The summed E-state index contributed by atoms with van der Waals surface area (Å²) in [6, 6.07) is 5.95. The second kappa shape index (κ2) is 6.89. The number of aromatic amines is 1. The topological polar surface area (TPSA) is 106 Å². The van der Waals surface area contributed by atoms with E-state index in [1.807, 2.05) is 24.4 Å². The Morgan fingerprint density at radius 1 is 1.08 bits per heavy atom. The fourth-order valence-corrected chi connectivity index (χ4v) is 2.94. The molecule has 1 aliphatic rings. The molecule has 0 unspecified atom stereocenters. The number of imidazole rings is 1. The lowest BCUT2D eigenvalue weighted by atomic mass is 10.3. The number of aliphatic hydroxyl groups is 1. The monoisotopic (exact) mass is 340 g/mol. The van der Waals surface area contributed by atoms with Crippen LogP contribution in [0.15, 0.2) is 30.7 Å². The maximum absolute atomic E-state index is 9.05. The number of nitrogens with zero attached hydrogens (tertiary/aromatic N) is 6. The van der Waals surface area contributed by atoms with Crippen LogP contribution in [-0.4, -0.2) is 69.4 Å². The van der Waals surface area contributed by atoms with Crippen LogP contribution in [0.5, 0.6) is 0 Å². The molecule has 25 heavy (non-hydrogen) atoms. The Bertz CT molecular complexity index is 829. The fourth-order valence-electron chi connectivity index (χ4n) is 2.94. The number of anilines is 3. The maximum atomic E-state index is 9.05. The molecule has 0 amide bonds. The molecule has 0 spiro atoms. The molecule has 130 valence electrons. The molecule has 0 saturated carbocycles. The van der Waals surface area contributed by atoms with Crippen molar-refractivity contribution in [3.05, 3.63) is 30.7 Å². The number of pyridine rings is 1. The zero-order valence-electron chi connectivity index (χ0n) is 13.8. The van der Waals surface area contributed by atoms with Gasteiger partial charge in [-0.1, -0.05) is 6.07 Å². The van der Waals surface area contributed by atoms with Crippen molar-refractivity contribution in [2.75, 3.05) is 54.4 Å². The first-order chi connectivity index (χ1) is 12.3. The van der Waals surface area contributed by atoms with Gasteiger partial charge < -0.3 is 25.2 Å². The van der Waals surface area contributed by atoms with E-state index in [9.17, 15) is 0 Å². The summed E-state index contributed by atoms with van der Waals surface area (Å²) in [5.41, 5.74) is 1.38. The van der Waals surface area contributed by atoms with Gasteiger partial charge in [-0.3, -0.25) is 0 Å². The molecule has 0 aromatic carbocycles. The van der Waals surface area contributed by atoms with E-state index in [0.29, 0.717) is 24.0 Å². The van der Waals surface area contributed by atoms with Crippen LogP contribution in [0.25, 0.3) is 11.2 Å². The van der Waals surface area contributed by atoms with Gasteiger partial charge >= 0.3 is 0 Å². The summed E-state index contributed by atoms with van der Waals surface area (Å²) in [5.74, 6) is 2.32. The highest BCUT2D eigenvalue weighted by molar-refractivity contribution is 5.83. The highest BCUT2D eigenvalue weighted by Crippen LogP contribution is 2.22. The number of H-pyrrole nitrogens is 1. The Morgan fingerprint density at radius 2 is 1.92 bits per heavy atom. The molecule has 9 nitrogen and oxygen atoms in total. The number of nitrogens with one attached hydrogen (secondary N) is 2. The van der Waals surface area contributed by atoms with Crippen molar-refractivity contribution in [1.29, 1.82) is 0 Å². The smallest absolute Gasteiger partial charge is 0.229 e. The Labute approximate surface area is 144 Å². The Balaban J connectivity index is 1.52. The molecule has 0 aliphatic carbocycles. The van der Waals surface area contributed by atoms with E-state index in [2.05, 4.69) is 40.0 Å². The van der Waals surface area contributed by atoms with E-state index < -0.39 is 0 Å². The average Bonchev–Trinajstić information content (AvgIpc) is 3.16. The summed E-state index contributed by atoms with van der Waals surface area (Å²) in [6.45, 7) is 3.81. The molecular formula is C16H20N8O. The second-order valence-electron chi connectivity index (χ2n) is 5.79. The van der Waals surface area contributed by atoms with Gasteiger partial charge in [-0.2, -0.15) is 9.97 Å². The zero-order chi connectivity index (χ0) is 17.1. The highest BCUT2D eigenvalue weighted by atomic mass is 16.3. The second-order valence-corrected chi connectivity index (χ2v) is 5.79. The van der Waals surface area contributed by atoms with Crippen molar-refractivity contribution in [2.45, 2.75) is 0 Å². The minimum Gasteiger partial charge on any atom is -0.395 e. The lowest BCUT2D eigenvalue weighted by Crippen LogP contribution is -2.47. The van der Waals surface area contributed by atoms with Gasteiger partial charge in [-0.05, 0) is 12.1 Å². The third-order valence-electron chi connectivity index (χ3n) is 4.21. The number of piperazine rings is 1. The molecule has 1 aliphatic heterocycles. The number of hydrogen-bond acceptors (Lipinski definition) is 8. The Hall–Kier alpha value is -2.94. The van der Waals surface area contributed by atoms with E-state index in [-0.39, 0.29) is 6.61 Å². The predicted octanol–water partition coefficient (Wildman–Crippen LogP) is 0.479. The zero-order valence-corrected chi connectivity index (χ0v) is 13.8. The average molecular weight is 340 g/mol. The van der Waals surface area contributed by atoms with Crippen LogP contribution in [0.4, 0.5) is 17.6 Å². The lowest BCUT2D eigenvalue weighted by molar-refractivity contribution is 0.311. The number of fused-ring (bicyclic) bond motifs is 1. The quantitative estimate of drug-likeness (QED) is 0.616. The van der Waals surface area contributed by atoms with Gasteiger partial charge in [0.2, 0.25) is 5.95 Å². The number of aromatic nitrogens is 5. The number of aliphatic hydroxyl groups excluding tert-OH is 1. The van der Waals surface area contributed by atoms with E-state index in [4.69, 9.17) is 5.11 Å². The molecule has 0 radical (unpaired) electrons. The molecule has 0 bridgehead atoms. The highest BCUT2D eigenvalue weighted by Gasteiger charge is 2.21. The van der Waals surface area contributed by atoms with Gasteiger partial charge in [0.05, 0.1) is 12.9 Å². The first kappa shape index (κ1) is 15.6. The normalized spacial score (nSPS) is 14.9. The largest absolute Gasteiger partial charge is 0.395 e. The minimum absolute atomic E-state index is 0.0394. The molecule has 0 atom stereocenters. The number of hydrogen-bond donors (Lipinski definition) is 3. The molecular weight excluding hydrogens is 320 g/mol. The van der Waals surface area contributed by atoms with Crippen LogP contribution in [0.1, 0.15) is 0 Å². The van der Waals surface area contributed by atoms with Gasteiger partial charge in [0.1, 0.15) is 11.3 Å². The third kappa shape index (κ3) is 3.18. The molecule has 3 N–H and O–H groups in total.